The van der Waals surface area contributed by atoms with Gasteiger partial charge < -0.3 is 10.6 Å². The van der Waals surface area contributed by atoms with E-state index in [4.69, 9.17) is 0 Å². The Hall–Kier alpha value is -2.42. The molecule has 0 aliphatic carbocycles. The third-order valence-electron chi connectivity index (χ3n) is 4.74. The number of hydrogen-bond acceptors (Lipinski definition) is 3. The van der Waals surface area contributed by atoms with Crippen molar-refractivity contribution < 1.29 is 14.4 Å². The standard InChI is InChI=1S/C20H20IN3O3/c1-3-20(14-7-5-4-6-8-14)18(26)24(19(27)23-20)12-17(25)22-16-10-9-15(21)11-13(16)2/h4-11H,3,12H2,1-2H3,(H,22,25)(H,23,27)/t20-/m0/s1. The van der Waals surface area contributed by atoms with E-state index in [0.717, 1.165) is 14.0 Å². The van der Waals surface area contributed by atoms with Crippen LogP contribution in [0.4, 0.5) is 10.5 Å². The van der Waals surface area contributed by atoms with E-state index < -0.39 is 23.4 Å². The largest absolute Gasteiger partial charge is 0.325 e. The first kappa shape index (κ1) is 19.3. The first-order chi connectivity index (χ1) is 12.9. The number of nitrogens with one attached hydrogen (secondary N) is 2. The monoisotopic (exact) mass is 477 g/mol. The molecule has 2 aromatic carbocycles. The normalized spacial score (nSPS) is 19.1. The lowest BCUT2D eigenvalue weighted by atomic mass is 9.87. The van der Waals surface area contributed by atoms with E-state index in [1.165, 1.54) is 0 Å². The van der Waals surface area contributed by atoms with Crippen LogP contribution in [0.3, 0.4) is 0 Å². The summed E-state index contributed by atoms with van der Waals surface area (Å²) in [6.45, 7) is 3.40. The van der Waals surface area contributed by atoms with Crippen LogP contribution < -0.4 is 10.6 Å². The highest BCUT2D eigenvalue weighted by Gasteiger charge is 2.51. The number of anilines is 1. The van der Waals surface area contributed by atoms with Gasteiger partial charge in [0.15, 0.2) is 0 Å². The Balaban J connectivity index is 1.78. The van der Waals surface area contributed by atoms with E-state index in [0.29, 0.717) is 17.7 Å². The van der Waals surface area contributed by atoms with E-state index in [1.54, 1.807) is 18.2 Å². The molecule has 140 valence electrons. The molecule has 1 aliphatic heterocycles. The van der Waals surface area contributed by atoms with Crippen molar-refractivity contribution in [2.75, 3.05) is 11.9 Å². The van der Waals surface area contributed by atoms with Crippen molar-refractivity contribution in [1.82, 2.24) is 10.2 Å². The molecule has 1 fully saturated rings. The molecule has 0 saturated carbocycles. The summed E-state index contributed by atoms with van der Waals surface area (Å²) in [5, 5.41) is 5.55. The van der Waals surface area contributed by atoms with Crippen LogP contribution in [0.1, 0.15) is 24.5 Å². The molecular formula is C20H20IN3O3. The number of aryl methyl sites for hydroxylation is 1. The molecule has 3 rings (SSSR count). The molecule has 1 aliphatic rings. The number of halogens is 1. The maximum atomic E-state index is 13.0. The Bertz CT molecular complexity index is 901. The van der Waals surface area contributed by atoms with E-state index in [9.17, 15) is 14.4 Å². The van der Waals surface area contributed by atoms with Crippen LogP contribution >= 0.6 is 22.6 Å². The fraction of sp³-hybridized carbons (Fsp3) is 0.250. The van der Waals surface area contributed by atoms with Gasteiger partial charge in [0.1, 0.15) is 12.1 Å². The van der Waals surface area contributed by atoms with Crippen molar-refractivity contribution in [3.05, 3.63) is 63.2 Å². The number of carbonyl (C=O) groups is 3. The Morgan fingerprint density at radius 2 is 1.89 bits per heavy atom. The third kappa shape index (κ3) is 3.69. The number of carbonyl (C=O) groups excluding carboxylic acids is 3. The van der Waals surface area contributed by atoms with Gasteiger partial charge in [-0.3, -0.25) is 14.5 Å². The van der Waals surface area contributed by atoms with Gasteiger partial charge in [0.05, 0.1) is 0 Å². The zero-order valence-corrected chi connectivity index (χ0v) is 17.2. The van der Waals surface area contributed by atoms with E-state index in [2.05, 4.69) is 33.2 Å². The number of benzene rings is 2. The van der Waals surface area contributed by atoms with Crippen molar-refractivity contribution in [3.63, 3.8) is 0 Å². The highest BCUT2D eigenvalue weighted by molar-refractivity contribution is 14.1. The Labute approximate surface area is 171 Å². The summed E-state index contributed by atoms with van der Waals surface area (Å²) in [4.78, 5) is 38.9. The molecule has 1 atom stereocenters. The van der Waals surface area contributed by atoms with Crippen molar-refractivity contribution in [2.24, 2.45) is 0 Å². The van der Waals surface area contributed by atoms with Crippen LogP contribution in [0.2, 0.25) is 0 Å². The Morgan fingerprint density at radius 1 is 1.19 bits per heavy atom. The molecule has 0 aromatic heterocycles. The minimum atomic E-state index is -1.13. The molecule has 2 N–H and O–H groups in total. The van der Waals surface area contributed by atoms with Gasteiger partial charge in [-0.15, -0.1) is 0 Å². The number of imide groups is 1. The topological polar surface area (TPSA) is 78.5 Å². The first-order valence-electron chi connectivity index (χ1n) is 8.63. The second-order valence-corrected chi connectivity index (χ2v) is 7.70. The van der Waals surface area contributed by atoms with Crippen LogP contribution in [0.5, 0.6) is 0 Å². The minimum Gasteiger partial charge on any atom is -0.324 e. The first-order valence-corrected chi connectivity index (χ1v) is 9.71. The lowest BCUT2D eigenvalue weighted by Crippen LogP contribution is -2.44. The molecule has 6 nitrogen and oxygen atoms in total. The maximum absolute atomic E-state index is 13.0. The quantitative estimate of drug-likeness (QED) is 0.512. The Kier molecular flexibility index (Phi) is 5.50. The van der Waals surface area contributed by atoms with Crippen molar-refractivity contribution in [3.8, 4) is 0 Å². The van der Waals surface area contributed by atoms with Crippen LogP contribution in [-0.4, -0.2) is 29.3 Å². The highest BCUT2D eigenvalue weighted by Crippen LogP contribution is 2.32. The van der Waals surface area contributed by atoms with E-state index in [-0.39, 0.29) is 6.54 Å². The predicted octanol–water partition coefficient (Wildman–Crippen LogP) is 3.40. The number of amides is 4. The van der Waals surface area contributed by atoms with Crippen molar-refractivity contribution in [2.45, 2.75) is 25.8 Å². The fourth-order valence-electron chi connectivity index (χ4n) is 3.23. The molecular weight excluding hydrogens is 457 g/mol. The lowest BCUT2D eigenvalue weighted by Gasteiger charge is -2.25. The molecule has 7 heteroatoms. The van der Waals surface area contributed by atoms with Gasteiger partial charge in [-0.1, -0.05) is 37.3 Å². The lowest BCUT2D eigenvalue weighted by molar-refractivity contribution is -0.134. The number of rotatable bonds is 5. The Morgan fingerprint density at radius 3 is 2.52 bits per heavy atom. The fourth-order valence-corrected chi connectivity index (χ4v) is 3.88. The smallest absolute Gasteiger partial charge is 0.324 e. The highest BCUT2D eigenvalue weighted by atomic mass is 127. The van der Waals surface area contributed by atoms with Gasteiger partial charge in [-0.2, -0.15) is 0 Å². The maximum Gasteiger partial charge on any atom is 0.325 e. The molecule has 0 radical (unpaired) electrons. The van der Waals surface area contributed by atoms with Crippen LogP contribution in [0.25, 0.3) is 0 Å². The van der Waals surface area contributed by atoms with Crippen LogP contribution in [-0.2, 0) is 15.1 Å². The average Bonchev–Trinajstić information content (AvgIpc) is 2.90. The number of nitrogens with zero attached hydrogens (tertiary/aromatic N) is 1. The zero-order chi connectivity index (χ0) is 19.6. The van der Waals surface area contributed by atoms with Gasteiger partial charge in [-0.05, 0) is 65.3 Å². The summed E-state index contributed by atoms with van der Waals surface area (Å²) >= 11 is 2.20. The summed E-state index contributed by atoms with van der Waals surface area (Å²) in [6, 6.07) is 14.2. The molecule has 0 unspecified atom stereocenters. The summed E-state index contributed by atoms with van der Waals surface area (Å²) in [6.07, 6.45) is 0.399. The molecule has 0 spiro atoms. The predicted molar refractivity (Wildman–Crippen MR) is 111 cm³/mol. The van der Waals surface area contributed by atoms with Crippen molar-refractivity contribution >= 4 is 46.1 Å². The molecule has 1 heterocycles. The molecule has 1 saturated heterocycles. The van der Waals surface area contributed by atoms with E-state index >= 15 is 0 Å². The van der Waals surface area contributed by atoms with Gasteiger partial charge in [0, 0.05) is 9.26 Å². The third-order valence-corrected chi connectivity index (χ3v) is 5.41. The summed E-state index contributed by atoms with van der Waals surface area (Å²) in [7, 11) is 0. The minimum absolute atomic E-state index is 0.329. The SMILES string of the molecule is CC[C@@]1(c2ccccc2)NC(=O)N(CC(=O)Nc2ccc(I)cc2C)C1=O. The zero-order valence-electron chi connectivity index (χ0n) is 15.1. The molecule has 4 amide bonds. The van der Waals surface area contributed by atoms with Crippen molar-refractivity contribution in [1.29, 1.82) is 0 Å². The second kappa shape index (κ2) is 7.67. The summed E-state index contributed by atoms with van der Waals surface area (Å²) in [5.74, 6) is -0.821. The van der Waals surface area contributed by atoms with Crippen LogP contribution in [0.15, 0.2) is 48.5 Å². The van der Waals surface area contributed by atoms with E-state index in [1.807, 2.05) is 44.2 Å². The molecule has 2 aromatic rings. The molecule has 27 heavy (non-hydrogen) atoms. The number of urea groups is 1. The summed E-state index contributed by atoms with van der Waals surface area (Å²) < 4.78 is 1.06. The van der Waals surface area contributed by atoms with Gasteiger partial charge >= 0.3 is 6.03 Å². The van der Waals surface area contributed by atoms with Gasteiger partial charge in [0.2, 0.25) is 5.91 Å². The average molecular weight is 477 g/mol. The summed E-state index contributed by atoms with van der Waals surface area (Å²) in [5.41, 5.74) is 1.16. The molecule has 0 bridgehead atoms. The number of hydrogen-bond donors (Lipinski definition) is 2. The van der Waals surface area contributed by atoms with Gasteiger partial charge in [-0.25, -0.2) is 4.79 Å². The van der Waals surface area contributed by atoms with Crippen LogP contribution in [0, 0.1) is 10.5 Å². The van der Waals surface area contributed by atoms with Gasteiger partial charge in [0.25, 0.3) is 5.91 Å². The second-order valence-electron chi connectivity index (χ2n) is 6.45.